The van der Waals surface area contributed by atoms with Crippen molar-refractivity contribution in [3.63, 3.8) is 0 Å². The number of sulfone groups is 1. The van der Waals surface area contributed by atoms with Crippen LogP contribution in [0.1, 0.15) is 28.9 Å². The summed E-state index contributed by atoms with van der Waals surface area (Å²) in [5, 5.41) is 10.3. The summed E-state index contributed by atoms with van der Waals surface area (Å²) < 4.78 is 24.8. The molecule has 2 N–H and O–H groups in total. The highest BCUT2D eigenvalue weighted by molar-refractivity contribution is 7.90. The van der Waals surface area contributed by atoms with Crippen LogP contribution in [0.3, 0.4) is 0 Å². The summed E-state index contributed by atoms with van der Waals surface area (Å²) in [6, 6.07) is 13.2. The molecule has 164 valence electrons. The molecule has 0 unspecified atom stereocenters. The van der Waals surface area contributed by atoms with E-state index in [1.807, 2.05) is 32.2 Å². The highest BCUT2D eigenvalue weighted by Crippen LogP contribution is 2.22. The molecule has 1 atom stereocenters. The Morgan fingerprint density at radius 2 is 1.84 bits per heavy atom. The number of nitrogens with zero attached hydrogens (tertiary/aromatic N) is 4. The highest BCUT2D eigenvalue weighted by Gasteiger charge is 2.12. The van der Waals surface area contributed by atoms with Gasteiger partial charge in [0.2, 0.25) is 0 Å². The van der Waals surface area contributed by atoms with Crippen LogP contribution in [0.2, 0.25) is 0 Å². The number of aromatic nitrogens is 4. The number of carbonyl (C=O) groups is 1. The number of aryl methyl sites for hydroxylation is 1. The molecule has 32 heavy (non-hydrogen) atoms. The number of carbonyl (C=O) groups excluding carboxylic acids is 1. The maximum absolute atomic E-state index is 12.6. The molecule has 2 aromatic heterocycles. The topological polar surface area (TPSA) is 119 Å². The van der Waals surface area contributed by atoms with Gasteiger partial charge in [-0.05, 0) is 48.9 Å². The zero-order valence-corrected chi connectivity index (χ0v) is 18.6. The SMILES string of the molecule is C[C@H](Nc1cnc2cnn(C)c2n1)c1cccc(NC(=O)c2ccc(S(C)(=O)=O)cc2)c1. The van der Waals surface area contributed by atoms with E-state index in [0.29, 0.717) is 22.7 Å². The smallest absolute Gasteiger partial charge is 0.255 e. The normalized spacial score (nSPS) is 12.5. The van der Waals surface area contributed by atoms with Gasteiger partial charge >= 0.3 is 0 Å². The fourth-order valence-corrected chi connectivity index (χ4v) is 3.86. The van der Waals surface area contributed by atoms with Gasteiger partial charge in [-0.15, -0.1) is 0 Å². The van der Waals surface area contributed by atoms with E-state index in [4.69, 9.17) is 0 Å². The summed E-state index contributed by atoms with van der Waals surface area (Å²) >= 11 is 0. The number of anilines is 2. The van der Waals surface area contributed by atoms with Crippen LogP contribution in [0.4, 0.5) is 11.5 Å². The molecule has 2 aromatic carbocycles. The fraction of sp³-hybridized carbons (Fsp3) is 0.182. The second kappa shape index (κ2) is 8.39. The molecular weight excluding hydrogens is 428 g/mol. The third-order valence-electron chi connectivity index (χ3n) is 4.99. The Hall–Kier alpha value is -3.79. The van der Waals surface area contributed by atoms with E-state index in [1.54, 1.807) is 23.1 Å². The molecule has 1 amide bonds. The van der Waals surface area contributed by atoms with E-state index < -0.39 is 9.84 Å². The molecule has 0 spiro atoms. The lowest BCUT2D eigenvalue weighted by Crippen LogP contribution is -2.13. The Labute approximate surface area is 185 Å². The van der Waals surface area contributed by atoms with Crippen molar-refractivity contribution in [3.8, 4) is 0 Å². The van der Waals surface area contributed by atoms with Gasteiger partial charge in [0.15, 0.2) is 15.5 Å². The van der Waals surface area contributed by atoms with Gasteiger partial charge in [0.05, 0.1) is 23.3 Å². The Balaban J connectivity index is 1.47. The molecule has 10 heteroatoms. The molecule has 4 rings (SSSR count). The van der Waals surface area contributed by atoms with Gasteiger partial charge in [0, 0.05) is 24.6 Å². The minimum atomic E-state index is -3.31. The minimum Gasteiger partial charge on any atom is -0.362 e. The first-order valence-electron chi connectivity index (χ1n) is 9.83. The molecule has 0 aliphatic heterocycles. The predicted octanol–water partition coefficient (Wildman–Crippen LogP) is 3.19. The van der Waals surface area contributed by atoms with E-state index in [9.17, 15) is 13.2 Å². The van der Waals surface area contributed by atoms with Crippen LogP contribution in [-0.2, 0) is 16.9 Å². The molecule has 0 saturated heterocycles. The Bertz CT molecular complexity index is 1400. The number of hydrogen-bond donors (Lipinski definition) is 2. The summed E-state index contributed by atoms with van der Waals surface area (Å²) in [6.45, 7) is 1.99. The Kier molecular flexibility index (Phi) is 5.62. The maximum Gasteiger partial charge on any atom is 0.255 e. The number of benzene rings is 2. The number of rotatable bonds is 6. The molecule has 0 bridgehead atoms. The maximum atomic E-state index is 12.6. The summed E-state index contributed by atoms with van der Waals surface area (Å²) in [5.41, 5.74) is 3.35. The van der Waals surface area contributed by atoms with Crippen molar-refractivity contribution in [1.82, 2.24) is 19.7 Å². The van der Waals surface area contributed by atoms with Crippen molar-refractivity contribution < 1.29 is 13.2 Å². The third-order valence-corrected chi connectivity index (χ3v) is 6.12. The lowest BCUT2D eigenvalue weighted by atomic mass is 10.1. The van der Waals surface area contributed by atoms with Crippen LogP contribution in [-0.4, -0.2) is 40.3 Å². The number of fused-ring (bicyclic) bond motifs is 1. The highest BCUT2D eigenvalue weighted by atomic mass is 32.2. The first-order chi connectivity index (χ1) is 15.2. The average Bonchev–Trinajstić information content (AvgIpc) is 3.13. The van der Waals surface area contributed by atoms with Crippen LogP contribution in [0.5, 0.6) is 0 Å². The molecule has 2 heterocycles. The van der Waals surface area contributed by atoms with Gasteiger partial charge in [-0.2, -0.15) is 5.10 Å². The molecular formula is C22H22N6O3S. The molecule has 4 aromatic rings. The first-order valence-corrected chi connectivity index (χ1v) is 11.7. The van der Waals surface area contributed by atoms with Crippen molar-refractivity contribution in [3.05, 3.63) is 72.1 Å². The number of hydrogen-bond acceptors (Lipinski definition) is 7. The summed E-state index contributed by atoms with van der Waals surface area (Å²) in [6.07, 6.45) is 4.45. The monoisotopic (exact) mass is 450 g/mol. The summed E-state index contributed by atoms with van der Waals surface area (Å²) in [5.74, 6) is 0.296. The van der Waals surface area contributed by atoms with Crippen LogP contribution in [0, 0.1) is 0 Å². The van der Waals surface area contributed by atoms with Gasteiger partial charge in [-0.25, -0.2) is 23.1 Å². The lowest BCUT2D eigenvalue weighted by Gasteiger charge is -2.16. The van der Waals surface area contributed by atoms with Gasteiger partial charge in [0.25, 0.3) is 5.91 Å². The standard InChI is InChI=1S/C22H22N6O3S/c1-14(25-20-13-23-19-12-24-28(2)21(19)27-20)16-5-4-6-17(11-16)26-22(29)15-7-9-18(10-8-15)32(3,30)31/h4-14H,1-3H3,(H,25,27)(H,26,29)/t14-/m0/s1. The number of amides is 1. The van der Waals surface area contributed by atoms with Crippen LogP contribution in [0.15, 0.2) is 65.8 Å². The van der Waals surface area contributed by atoms with Crippen LogP contribution in [0.25, 0.3) is 11.2 Å². The summed E-state index contributed by atoms with van der Waals surface area (Å²) in [7, 11) is -1.50. The molecule has 0 aliphatic rings. The lowest BCUT2D eigenvalue weighted by molar-refractivity contribution is 0.102. The molecule has 9 nitrogen and oxygen atoms in total. The van der Waals surface area contributed by atoms with Crippen molar-refractivity contribution in [2.75, 3.05) is 16.9 Å². The fourth-order valence-electron chi connectivity index (χ4n) is 3.23. The van der Waals surface area contributed by atoms with Crippen LogP contribution < -0.4 is 10.6 Å². The zero-order chi connectivity index (χ0) is 22.9. The van der Waals surface area contributed by atoms with Crippen molar-refractivity contribution in [1.29, 1.82) is 0 Å². The summed E-state index contributed by atoms with van der Waals surface area (Å²) in [4.78, 5) is 21.7. The van der Waals surface area contributed by atoms with E-state index in [-0.39, 0.29) is 16.8 Å². The predicted molar refractivity (Wildman–Crippen MR) is 122 cm³/mol. The quantitative estimate of drug-likeness (QED) is 0.463. The van der Waals surface area contributed by atoms with E-state index in [1.165, 1.54) is 24.3 Å². The molecule has 0 saturated carbocycles. The van der Waals surface area contributed by atoms with Crippen molar-refractivity contribution >= 4 is 38.4 Å². The zero-order valence-electron chi connectivity index (χ0n) is 17.8. The van der Waals surface area contributed by atoms with E-state index >= 15 is 0 Å². The average molecular weight is 451 g/mol. The largest absolute Gasteiger partial charge is 0.362 e. The van der Waals surface area contributed by atoms with Crippen molar-refractivity contribution in [2.24, 2.45) is 7.05 Å². The molecule has 0 aliphatic carbocycles. The van der Waals surface area contributed by atoms with Crippen molar-refractivity contribution in [2.45, 2.75) is 17.9 Å². The van der Waals surface area contributed by atoms with Gasteiger partial charge < -0.3 is 10.6 Å². The Morgan fingerprint density at radius 3 is 2.56 bits per heavy atom. The second-order valence-corrected chi connectivity index (χ2v) is 9.49. The van der Waals surface area contributed by atoms with Gasteiger partial charge in [-0.1, -0.05) is 12.1 Å². The second-order valence-electron chi connectivity index (χ2n) is 7.47. The molecule has 0 radical (unpaired) electrons. The number of nitrogens with one attached hydrogen (secondary N) is 2. The van der Waals surface area contributed by atoms with E-state index in [2.05, 4.69) is 25.7 Å². The first kappa shape index (κ1) is 21.4. The minimum absolute atomic E-state index is 0.0964. The van der Waals surface area contributed by atoms with Gasteiger partial charge in [0.1, 0.15) is 11.3 Å². The molecule has 0 fully saturated rings. The van der Waals surface area contributed by atoms with E-state index in [0.717, 1.165) is 17.3 Å². The Morgan fingerprint density at radius 1 is 1.09 bits per heavy atom. The van der Waals surface area contributed by atoms with Crippen LogP contribution >= 0.6 is 0 Å². The van der Waals surface area contributed by atoms with Gasteiger partial charge in [-0.3, -0.25) is 4.79 Å². The third kappa shape index (κ3) is 4.59.